The average Bonchev–Trinajstić information content (AvgIpc) is 3.43. The van der Waals surface area contributed by atoms with Crippen molar-refractivity contribution in [2.24, 2.45) is 0 Å². The molecule has 156 valence electrons. The first-order valence-corrected chi connectivity index (χ1v) is 11.2. The van der Waals surface area contributed by atoms with Crippen LogP contribution >= 0.6 is 11.8 Å². The highest BCUT2D eigenvalue weighted by Gasteiger charge is 2.12. The third kappa shape index (κ3) is 4.31. The van der Waals surface area contributed by atoms with Gasteiger partial charge in [-0.1, -0.05) is 17.8 Å². The summed E-state index contributed by atoms with van der Waals surface area (Å²) in [6.07, 6.45) is 5.43. The van der Waals surface area contributed by atoms with Crippen molar-refractivity contribution in [3.05, 3.63) is 59.7 Å². The van der Waals surface area contributed by atoms with Crippen LogP contribution in [0, 0.1) is 0 Å². The topological polar surface area (TPSA) is 115 Å². The second kappa shape index (κ2) is 8.27. The summed E-state index contributed by atoms with van der Waals surface area (Å²) in [6.45, 7) is 0. The zero-order chi connectivity index (χ0) is 21.2. The number of anilines is 3. The molecule has 9 heteroatoms. The van der Waals surface area contributed by atoms with Gasteiger partial charge in [-0.25, -0.2) is 4.98 Å². The summed E-state index contributed by atoms with van der Waals surface area (Å²) in [5, 5.41) is 12.3. The Hall–Kier alpha value is -3.59. The fourth-order valence-electron chi connectivity index (χ4n) is 3.60. The number of fused-ring (bicyclic) bond motifs is 1. The largest absolute Gasteiger partial charge is 0.439 e. The molecule has 0 amide bonds. The van der Waals surface area contributed by atoms with Crippen LogP contribution in [0.2, 0.25) is 0 Å². The Labute approximate surface area is 183 Å². The van der Waals surface area contributed by atoms with Gasteiger partial charge in [0, 0.05) is 17.3 Å². The van der Waals surface area contributed by atoms with Crippen molar-refractivity contribution in [1.29, 1.82) is 0 Å². The van der Waals surface area contributed by atoms with E-state index in [-0.39, 0.29) is 0 Å². The first-order chi connectivity index (χ1) is 15.2. The number of hydrogen-bond donors (Lipinski definition) is 3. The van der Waals surface area contributed by atoms with Gasteiger partial charge >= 0.3 is 0 Å². The molecule has 0 unspecified atom stereocenters. The molecule has 4 N–H and O–H groups in total. The molecule has 0 aliphatic heterocycles. The van der Waals surface area contributed by atoms with Gasteiger partial charge in [0.1, 0.15) is 11.6 Å². The minimum atomic E-state index is 0.371. The fourth-order valence-corrected chi connectivity index (χ4v) is 3.98. The first kappa shape index (κ1) is 19.4. The van der Waals surface area contributed by atoms with Crippen molar-refractivity contribution < 1.29 is 4.74 Å². The van der Waals surface area contributed by atoms with E-state index >= 15 is 0 Å². The number of nitrogens with one attached hydrogen (secondary N) is 2. The maximum atomic E-state index is 5.81. The zero-order valence-electron chi connectivity index (χ0n) is 16.9. The van der Waals surface area contributed by atoms with Crippen molar-refractivity contribution >= 4 is 29.2 Å². The number of aryl methyl sites for hydroxylation is 2. The molecule has 1 aliphatic carbocycles. The van der Waals surface area contributed by atoms with Crippen molar-refractivity contribution in [3.63, 3.8) is 0 Å². The molecule has 31 heavy (non-hydrogen) atoms. The number of thioether (sulfide) groups is 1. The van der Waals surface area contributed by atoms with Crippen LogP contribution in [0.5, 0.6) is 11.6 Å². The monoisotopic (exact) mass is 431 g/mol. The van der Waals surface area contributed by atoms with Crippen LogP contribution in [-0.4, -0.2) is 31.4 Å². The number of nitrogens with zero attached hydrogens (tertiary/aromatic N) is 4. The molecule has 8 nitrogen and oxygen atoms in total. The number of aromatic amines is 1. The molecule has 2 aromatic carbocycles. The number of nitrogen functional groups attached to an aromatic ring is 1. The molecule has 0 bridgehead atoms. The van der Waals surface area contributed by atoms with Crippen LogP contribution in [0.3, 0.4) is 0 Å². The standard InChI is InChI=1S/C22H21N7OS/c1-31-22-25-18(23)12-19(26-22)30-17-9-6-14(7-10-17)20-27-21(29-28-20)24-16-8-5-13-3-2-4-15(13)11-16/h5-12H,2-4H2,1H3,(H2,23,25,26)(H2,24,27,28,29). The summed E-state index contributed by atoms with van der Waals surface area (Å²) in [7, 11) is 0. The van der Waals surface area contributed by atoms with Gasteiger partial charge in [0.25, 0.3) is 0 Å². The molecule has 5 rings (SSSR count). The van der Waals surface area contributed by atoms with Crippen LogP contribution in [0.1, 0.15) is 17.5 Å². The lowest BCUT2D eigenvalue weighted by atomic mass is 10.1. The number of H-pyrrole nitrogens is 1. The molecule has 0 saturated carbocycles. The van der Waals surface area contributed by atoms with Crippen LogP contribution in [0.25, 0.3) is 11.4 Å². The van der Waals surface area contributed by atoms with Gasteiger partial charge in [0.05, 0.1) is 0 Å². The smallest absolute Gasteiger partial charge is 0.226 e. The van der Waals surface area contributed by atoms with E-state index in [2.05, 4.69) is 48.7 Å². The Bertz CT molecular complexity index is 1220. The van der Waals surface area contributed by atoms with Gasteiger partial charge in [-0.15, -0.1) is 10.2 Å². The molecular formula is C22H21N7OS. The number of hydrogen-bond acceptors (Lipinski definition) is 8. The van der Waals surface area contributed by atoms with Gasteiger partial charge in [0.2, 0.25) is 11.8 Å². The number of rotatable bonds is 6. The minimum absolute atomic E-state index is 0.371. The van der Waals surface area contributed by atoms with Crippen molar-refractivity contribution in [3.8, 4) is 23.0 Å². The molecule has 4 aromatic rings. The van der Waals surface area contributed by atoms with Gasteiger partial charge < -0.3 is 20.8 Å². The lowest BCUT2D eigenvalue weighted by Crippen LogP contribution is -1.97. The Morgan fingerprint density at radius 3 is 2.68 bits per heavy atom. The maximum absolute atomic E-state index is 5.81. The number of aromatic nitrogens is 5. The lowest BCUT2D eigenvalue weighted by molar-refractivity contribution is 0.456. The maximum Gasteiger partial charge on any atom is 0.226 e. The third-order valence-electron chi connectivity index (χ3n) is 5.08. The highest BCUT2D eigenvalue weighted by atomic mass is 32.2. The molecule has 0 fully saturated rings. The van der Waals surface area contributed by atoms with E-state index in [1.807, 2.05) is 30.5 Å². The third-order valence-corrected chi connectivity index (χ3v) is 5.63. The predicted octanol–water partition coefficient (Wildman–Crippen LogP) is 4.59. The highest BCUT2D eigenvalue weighted by Crippen LogP contribution is 2.28. The van der Waals surface area contributed by atoms with Gasteiger partial charge in [-0.05, 0) is 73.0 Å². The molecular weight excluding hydrogens is 410 g/mol. The Kier molecular flexibility index (Phi) is 5.17. The van der Waals surface area contributed by atoms with E-state index in [0.29, 0.717) is 34.4 Å². The number of nitrogens with two attached hydrogens (primary N) is 1. The summed E-state index contributed by atoms with van der Waals surface area (Å²) in [6, 6.07) is 15.6. The van der Waals surface area contributed by atoms with E-state index in [1.54, 1.807) is 6.07 Å². The van der Waals surface area contributed by atoms with Crippen molar-refractivity contribution in [2.75, 3.05) is 17.3 Å². The molecule has 0 saturated heterocycles. The summed E-state index contributed by atoms with van der Waals surface area (Å²) in [5.41, 5.74) is 10.6. The molecule has 0 spiro atoms. The second-order valence-electron chi connectivity index (χ2n) is 7.23. The Morgan fingerprint density at radius 2 is 1.84 bits per heavy atom. The predicted molar refractivity (Wildman–Crippen MR) is 122 cm³/mol. The number of benzene rings is 2. The summed E-state index contributed by atoms with van der Waals surface area (Å²) >= 11 is 1.41. The van der Waals surface area contributed by atoms with Crippen LogP contribution in [0.15, 0.2) is 53.7 Å². The SMILES string of the molecule is CSc1nc(N)cc(Oc2ccc(-c3nnc(Nc4ccc5c(c4)CCC5)[nH]3)cc2)n1. The quantitative estimate of drug-likeness (QED) is 0.300. The van der Waals surface area contributed by atoms with E-state index in [9.17, 15) is 0 Å². The Balaban J connectivity index is 1.28. The van der Waals surface area contributed by atoms with E-state index in [4.69, 9.17) is 10.5 Å². The molecule has 2 heterocycles. The van der Waals surface area contributed by atoms with Crippen LogP contribution < -0.4 is 15.8 Å². The van der Waals surface area contributed by atoms with E-state index in [1.165, 1.54) is 35.7 Å². The van der Waals surface area contributed by atoms with Crippen LogP contribution in [0.4, 0.5) is 17.5 Å². The fraction of sp³-hybridized carbons (Fsp3) is 0.182. The second-order valence-corrected chi connectivity index (χ2v) is 8.00. The normalized spacial score (nSPS) is 12.5. The van der Waals surface area contributed by atoms with E-state index in [0.717, 1.165) is 17.7 Å². The molecule has 0 radical (unpaired) electrons. The highest BCUT2D eigenvalue weighted by molar-refractivity contribution is 7.98. The molecule has 1 aliphatic rings. The number of ether oxygens (including phenoxy) is 1. The van der Waals surface area contributed by atoms with Crippen molar-refractivity contribution in [2.45, 2.75) is 24.4 Å². The Morgan fingerprint density at radius 1 is 1.00 bits per heavy atom. The average molecular weight is 432 g/mol. The van der Waals surface area contributed by atoms with Gasteiger partial charge in [-0.3, -0.25) is 0 Å². The lowest BCUT2D eigenvalue weighted by Gasteiger charge is -2.07. The summed E-state index contributed by atoms with van der Waals surface area (Å²) in [5.74, 6) is 2.70. The summed E-state index contributed by atoms with van der Waals surface area (Å²) in [4.78, 5) is 11.7. The molecule has 0 atom stereocenters. The minimum Gasteiger partial charge on any atom is -0.439 e. The van der Waals surface area contributed by atoms with E-state index < -0.39 is 0 Å². The summed E-state index contributed by atoms with van der Waals surface area (Å²) < 4.78 is 5.81. The first-order valence-electron chi connectivity index (χ1n) is 9.94. The zero-order valence-corrected chi connectivity index (χ0v) is 17.7. The van der Waals surface area contributed by atoms with Crippen molar-refractivity contribution in [1.82, 2.24) is 25.1 Å². The molecule has 2 aromatic heterocycles. The van der Waals surface area contributed by atoms with Gasteiger partial charge in [-0.2, -0.15) is 4.98 Å². The van der Waals surface area contributed by atoms with Crippen LogP contribution in [-0.2, 0) is 12.8 Å². The van der Waals surface area contributed by atoms with Gasteiger partial charge in [0.15, 0.2) is 11.0 Å².